The molecule has 0 radical (unpaired) electrons. The number of halogens is 1. The lowest BCUT2D eigenvalue weighted by Crippen LogP contribution is -2.30. The van der Waals surface area contributed by atoms with Gasteiger partial charge in [0, 0.05) is 18.0 Å². The van der Waals surface area contributed by atoms with Crippen LogP contribution in [0.2, 0.25) is 0 Å². The molecule has 0 unspecified atom stereocenters. The summed E-state index contributed by atoms with van der Waals surface area (Å²) in [5.74, 6) is -0.0603. The van der Waals surface area contributed by atoms with Crippen LogP contribution in [-0.2, 0) is 6.54 Å². The first-order valence-electron chi connectivity index (χ1n) is 6.52. The van der Waals surface area contributed by atoms with Crippen molar-refractivity contribution >= 4 is 23.2 Å². The molecule has 8 heteroatoms. The number of carbonyl (C=O) groups excluding carboxylic acids is 1. The highest BCUT2D eigenvalue weighted by Crippen LogP contribution is 2.17. The fourth-order valence-corrected chi connectivity index (χ4v) is 2.41. The van der Waals surface area contributed by atoms with Crippen molar-refractivity contribution in [2.24, 2.45) is 5.73 Å². The smallest absolute Gasteiger partial charge is 0.336 e. The van der Waals surface area contributed by atoms with Gasteiger partial charge in [0.15, 0.2) is 11.3 Å². The number of amides is 1. The Balaban J connectivity index is 2.38. The van der Waals surface area contributed by atoms with Crippen molar-refractivity contribution in [2.75, 3.05) is 5.88 Å². The third-order valence-electron chi connectivity index (χ3n) is 3.22. The lowest BCUT2D eigenvalue weighted by molar-refractivity contribution is 0.0997. The van der Waals surface area contributed by atoms with Gasteiger partial charge in [0.1, 0.15) is 12.2 Å². The topological polar surface area (TPSA) is 95.3 Å². The molecule has 1 amide bonds. The summed E-state index contributed by atoms with van der Waals surface area (Å²) in [6, 6.07) is 9.18. The van der Waals surface area contributed by atoms with Gasteiger partial charge < -0.3 is 5.73 Å². The number of nitrogens with two attached hydrogens (primary N) is 1. The maximum atomic E-state index is 12.6. The fourth-order valence-electron chi connectivity index (χ4n) is 2.24. The Kier molecular flexibility index (Phi) is 3.64. The van der Waals surface area contributed by atoms with E-state index < -0.39 is 5.91 Å². The Morgan fingerprint density at radius 1 is 1.27 bits per heavy atom. The molecule has 0 aliphatic carbocycles. The monoisotopic (exact) mass is 317 g/mol. The lowest BCUT2D eigenvalue weighted by Gasteiger charge is -2.11. The molecule has 0 spiro atoms. The van der Waals surface area contributed by atoms with Crippen LogP contribution in [0.15, 0.2) is 41.5 Å². The number of rotatable bonds is 4. The van der Waals surface area contributed by atoms with E-state index in [-0.39, 0.29) is 29.5 Å². The molecule has 2 heterocycles. The number of nitrogens with zero attached hydrogens (tertiary/aromatic N) is 4. The molecule has 3 rings (SSSR count). The average molecular weight is 318 g/mol. The van der Waals surface area contributed by atoms with Gasteiger partial charge in [-0.25, -0.2) is 19.2 Å². The molecule has 0 bridgehead atoms. The van der Waals surface area contributed by atoms with E-state index in [1.54, 1.807) is 0 Å². The molecule has 0 saturated heterocycles. The van der Waals surface area contributed by atoms with Crippen molar-refractivity contribution in [3.05, 3.63) is 52.8 Å². The van der Waals surface area contributed by atoms with Gasteiger partial charge in [0.05, 0.1) is 0 Å². The first-order chi connectivity index (χ1) is 10.6. The van der Waals surface area contributed by atoms with Gasteiger partial charge in [-0.3, -0.25) is 9.36 Å². The molecule has 0 fully saturated rings. The van der Waals surface area contributed by atoms with Gasteiger partial charge in [0.2, 0.25) is 0 Å². The zero-order chi connectivity index (χ0) is 15.7. The number of benzene rings is 1. The summed E-state index contributed by atoms with van der Waals surface area (Å²) in [5, 5.41) is 0. The quantitative estimate of drug-likeness (QED) is 0.723. The number of aromatic nitrogens is 4. The van der Waals surface area contributed by atoms with Crippen LogP contribution in [0.5, 0.6) is 0 Å². The summed E-state index contributed by atoms with van der Waals surface area (Å²) < 4.78 is 2.64. The molecule has 2 N–H and O–H groups in total. The lowest BCUT2D eigenvalue weighted by atomic mass is 10.2. The zero-order valence-electron chi connectivity index (χ0n) is 11.4. The van der Waals surface area contributed by atoms with Gasteiger partial charge in [0.25, 0.3) is 5.91 Å². The van der Waals surface area contributed by atoms with Crippen molar-refractivity contribution in [1.29, 1.82) is 0 Å². The average Bonchev–Trinajstić information content (AvgIpc) is 2.95. The molecule has 3 aromatic rings. The number of hydrogen-bond donors (Lipinski definition) is 1. The van der Waals surface area contributed by atoms with Crippen molar-refractivity contribution in [1.82, 2.24) is 18.9 Å². The molecule has 22 heavy (non-hydrogen) atoms. The Morgan fingerprint density at radius 3 is 2.64 bits per heavy atom. The Labute approximate surface area is 130 Å². The minimum absolute atomic E-state index is 0.0349. The van der Waals surface area contributed by atoms with Gasteiger partial charge >= 0.3 is 5.69 Å². The molecule has 0 aliphatic heterocycles. The third kappa shape index (κ3) is 2.25. The molecule has 7 nitrogen and oxygen atoms in total. The molecule has 0 aliphatic rings. The largest absolute Gasteiger partial charge is 0.364 e. The summed E-state index contributed by atoms with van der Waals surface area (Å²) >= 11 is 5.79. The molecular formula is C14H12ClN5O2. The highest BCUT2D eigenvalue weighted by atomic mass is 35.5. The first kappa shape index (κ1) is 14.3. The molecule has 1 aromatic carbocycles. The van der Waals surface area contributed by atoms with Crippen LogP contribution >= 0.6 is 11.6 Å². The van der Waals surface area contributed by atoms with Gasteiger partial charge in [-0.05, 0) is 0 Å². The number of fused-ring (bicyclic) bond motifs is 1. The molecule has 112 valence electrons. The number of imidazole rings is 1. The molecule has 0 atom stereocenters. The van der Waals surface area contributed by atoms with Gasteiger partial charge in [-0.1, -0.05) is 30.3 Å². The van der Waals surface area contributed by atoms with Crippen LogP contribution in [-0.4, -0.2) is 30.7 Å². The van der Waals surface area contributed by atoms with Crippen molar-refractivity contribution < 1.29 is 4.79 Å². The molecule has 2 aromatic heterocycles. The van der Waals surface area contributed by atoms with Gasteiger partial charge in [-0.2, -0.15) is 0 Å². The van der Waals surface area contributed by atoms with E-state index >= 15 is 0 Å². The summed E-state index contributed by atoms with van der Waals surface area (Å²) in [7, 11) is 0. The van der Waals surface area contributed by atoms with Crippen molar-refractivity contribution in [2.45, 2.75) is 6.54 Å². The van der Waals surface area contributed by atoms with Crippen LogP contribution in [0.25, 0.3) is 17.0 Å². The molecule has 0 saturated carbocycles. The second-order valence-electron chi connectivity index (χ2n) is 4.58. The summed E-state index contributed by atoms with van der Waals surface area (Å²) in [6.45, 7) is 0.289. The predicted octanol–water partition coefficient (Wildman–Crippen LogP) is 0.896. The van der Waals surface area contributed by atoms with E-state index in [1.165, 1.54) is 15.3 Å². The molecular weight excluding hydrogens is 306 g/mol. The number of carbonyl (C=O) groups is 1. The van der Waals surface area contributed by atoms with E-state index in [4.69, 9.17) is 17.3 Å². The number of hydrogen-bond acceptors (Lipinski definition) is 4. The maximum absolute atomic E-state index is 12.6. The van der Waals surface area contributed by atoms with Crippen LogP contribution in [0.3, 0.4) is 0 Å². The van der Waals surface area contributed by atoms with E-state index in [2.05, 4.69) is 9.97 Å². The van der Waals surface area contributed by atoms with Crippen LogP contribution in [0.1, 0.15) is 10.5 Å². The fraction of sp³-hybridized carbons (Fsp3) is 0.143. The Hall–Kier alpha value is -2.67. The normalized spacial score (nSPS) is 11.0. The standard InChI is InChI=1S/C14H12ClN5O2/c15-6-7-19-12(9-4-2-1-3-5-9)18-13-10(11(16)21)17-8-20(13)14(19)22/h1-5,8H,6-7H2,(H2,16,21). The van der Waals surface area contributed by atoms with Crippen LogP contribution in [0, 0.1) is 0 Å². The summed E-state index contributed by atoms with van der Waals surface area (Å²) in [6.07, 6.45) is 1.24. The van der Waals surface area contributed by atoms with Crippen molar-refractivity contribution in [3.8, 4) is 11.4 Å². The third-order valence-corrected chi connectivity index (χ3v) is 3.39. The summed E-state index contributed by atoms with van der Waals surface area (Å²) in [4.78, 5) is 32.3. The van der Waals surface area contributed by atoms with Gasteiger partial charge in [-0.15, -0.1) is 11.6 Å². The highest BCUT2D eigenvalue weighted by molar-refractivity contribution is 6.17. The van der Waals surface area contributed by atoms with Crippen LogP contribution < -0.4 is 11.4 Å². The second kappa shape index (κ2) is 5.61. The van der Waals surface area contributed by atoms with E-state index in [9.17, 15) is 9.59 Å². The van der Waals surface area contributed by atoms with E-state index in [0.29, 0.717) is 5.82 Å². The second-order valence-corrected chi connectivity index (χ2v) is 4.95. The zero-order valence-corrected chi connectivity index (χ0v) is 12.2. The summed E-state index contributed by atoms with van der Waals surface area (Å²) in [5.41, 5.74) is 5.75. The SMILES string of the molecule is NC(=O)c1ncn2c(=O)n(CCCl)c(-c3ccccc3)nc12. The Bertz CT molecular complexity index is 901. The Morgan fingerprint density at radius 2 is 2.00 bits per heavy atom. The predicted molar refractivity (Wildman–Crippen MR) is 81.9 cm³/mol. The van der Waals surface area contributed by atoms with E-state index in [0.717, 1.165) is 5.56 Å². The van der Waals surface area contributed by atoms with Crippen molar-refractivity contribution in [3.63, 3.8) is 0 Å². The minimum Gasteiger partial charge on any atom is -0.364 e. The maximum Gasteiger partial charge on any atom is 0.336 e. The minimum atomic E-state index is -0.733. The first-order valence-corrected chi connectivity index (χ1v) is 7.06. The highest BCUT2D eigenvalue weighted by Gasteiger charge is 2.18. The van der Waals surface area contributed by atoms with E-state index in [1.807, 2.05) is 30.3 Å². The number of primary amides is 1. The number of alkyl halides is 1. The van der Waals surface area contributed by atoms with Crippen LogP contribution in [0.4, 0.5) is 0 Å².